The van der Waals surface area contributed by atoms with Crippen LogP contribution in [0, 0.1) is 6.92 Å². The molecule has 3 heterocycles. The highest BCUT2D eigenvalue weighted by molar-refractivity contribution is 5.47. The molecule has 94 valence electrons. The average molecular weight is 245 g/mol. The Bertz CT molecular complexity index is 565. The minimum atomic E-state index is 0.0302. The first kappa shape index (κ1) is 11.2. The normalized spacial score (nSPS) is 14.7. The number of hydrogen-bond acceptors (Lipinski definition) is 5. The van der Waals surface area contributed by atoms with E-state index in [1.54, 1.807) is 12.5 Å². The molecule has 1 aliphatic rings. The molecule has 0 saturated carbocycles. The standard InChI is InChI=1S/C12H15N5O/c1-9-4-10(7-18)5-13-12(9)16-2-3-17-8-14-15-11(17)6-16/h4-5,8,18H,2-3,6-7H2,1H3. The quantitative estimate of drug-likeness (QED) is 0.834. The van der Waals surface area contributed by atoms with E-state index in [0.717, 1.165) is 42.4 Å². The SMILES string of the molecule is Cc1cc(CO)cnc1N1CCn2cnnc2C1. The third kappa shape index (κ3) is 1.84. The van der Waals surface area contributed by atoms with Crippen LogP contribution in [0.15, 0.2) is 18.6 Å². The molecule has 2 aromatic heterocycles. The average Bonchev–Trinajstić information content (AvgIpc) is 2.85. The van der Waals surface area contributed by atoms with E-state index in [4.69, 9.17) is 5.11 Å². The predicted molar refractivity (Wildman–Crippen MR) is 66.0 cm³/mol. The fraction of sp³-hybridized carbons (Fsp3) is 0.417. The molecular formula is C12H15N5O. The van der Waals surface area contributed by atoms with E-state index < -0.39 is 0 Å². The van der Waals surface area contributed by atoms with E-state index in [0.29, 0.717) is 0 Å². The Hall–Kier alpha value is -1.95. The van der Waals surface area contributed by atoms with Crippen LogP contribution in [0.5, 0.6) is 0 Å². The molecule has 1 aliphatic heterocycles. The molecule has 6 heteroatoms. The Morgan fingerprint density at radius 2 is 2.28 bits per heavy atom. The Balaban J connectivity index is 1.88. The smallest absolute Gasteiger partial charge is 0.152 e. The maximum absolute atomic E-state index is 9.09. The number of pyridine rings is 1. The van der Waals surface area contributed by atoms with Crippen LogP contribution in [0.3, 0.4) is 0 Å². The van der Waals surface area contributed by atoms with Crippen molar-refractivity contribution in [2.24, 2.45) is 0 Å². The van der Waals surface area contributed by atoms with Gasteiger partial charge in [0, 0.05) is 19.3 Å². The van der Waals surface area contributed by atoms with Crippen molar-refractivity contribution in [3.8, 4) is 0 Å². The molecule has 0 aliphatic carbocycles. The van der Waals surface area contributed by atoms with Crippen molar-refractivity contribution in [2.45, 2.75) is 26.6 Å². The highest BCUT2D eigenvalue weighted by Crippen LogP contribution is 2.22. The van der Waals surface area contributed by atoms with Gasteiger partial charge in [-0.3, -0.25) is 0 Å². The number of rotatable bonds is 2. The first-order valence-electron chi connectivity index (χ1n) is 5.96. The first-order valence-corrected chi connectivity index (χ1v) is 5.96. The van der Waals surface area contributed by atoms with Gasteiger partial charge in [-0.05, 0) is 24.1 Å². The van der Waals surface area contributed by atoms with Crippen LogP contribution in [0.2, 0.25) is 0 Å². The molecule has 0 unspecified atom stereocenters. The van der Waals surface area contributed by atoms with E-state index in [-0.39, 0.29) is 6.61 Å². The summed E-state index contributed by atoms with van der Waals surface area (Å²) in [6.07, 6.45) is 3.49. The van der Waals surface area contributed by atoms with Crippen molar-refractivity contribution in [2.75, 3.05) is 11.4 Å². The summed E-state index contributed by atoms with van der Waals surface area (Å²) in [4.78, 5) is 6.63. The molecule has 0 aromatic carbocycles. The number of nitrogens with zero attached hydrogens (tertiary/aromatic N) is 5. The lowest BCUT2D eigenvalue weighted by Crippen LogP contribution is -2.34. The van der Waals surface area contributed by atoms with Crippen molar-refractivity contribution in [1.82, 2.24) is 19.7 Å². The summed E-state index contributed by atoms with van der Waals surface area (Å²) in [6, 6.07) is 1.97. The Kier molecular flexibility index (Phi) is 2.71. The Morgan fingerprint density at radius 3 is 3.06 bits per heavy atom. The summed E-state index contributed by atoms with van der Waals surface area (Å²) in [7, 11) is 0. The van der Waals surface area contributed by atoms with Crippen molar-refractivity contribution < 1.29 is 5.11 Å². The zero-order valence-electron chi connectivity index (χ0n) is 10.2. The van der Waals surface area contributed by atoms with Crippen LogP contribution in [0.4, 0.5) is 5.82 Å². The molecule has 18 heavy (non-hydrogen) atoms. The van der Waals surface area contributed by atoms with Crippen molar-refractivity contribution in [1.29, 1.82) is 0 Å². The number of anilines is 1. The fourth-order valence-electron chi connectivity index (χ4n) is 2.29. The topological polar surface area (TPSA) is 67.1 Å². The lowest BCUT2D eigenvalue weighted by atomic mass is 10.2. The van der Waals surface area contributed by atoms with Gasteiger partial charge >= 0.3 is 0 Å². The largest absolute Gasteiger partial charge is 0.392 e. The molecule has 0 fully saturated rings. The maximum atomic E-state index is 9.09. The zero-order valence-corrected chi connectivity index (χ0v) is 10.2. The van der Waals surface area contributed by atoms with Gasteiger partial charge in [-0.2, -0.15) is 0 Å². The number of fused-ring (bicyclic) bond motifs is 1. The highest BCUT2D eigenvalue weighted by atomic mass is 16.3. The van der Waals surface area contributed by atoms with E-state index >= 15 is 0 Å². The molecule has 0 atom stereocenters. The summed E-state index contributed by atoms with van der Waals surface area (Å²) < 4.78 is 2.06. The van der Waals surface area contributed by atoms with E-state index in [9.17, 15) is 0 Å². The number of aliphatic hydroxyl groups excluding tert-OH is 1. The molecule has 2 aromatic rings. The summed E-state index contributed by atoms with van der Waals surface area (Å²) in [5.41, 5.74) is 1.92. The van der Waals surface area contributed by atoms with Gasteiger partial charge in [0.25, 0.3) is 0 Å². The Labute approximate surface area is 105 Å². The van der Waals surface area contributed by atoms with Gasteiger partial charge in [-0.1, -0.05) is 0 Å². The minimum absolute atomic E-state index is 0.0302. The van der Waals surface area contributed by atoms with E-state index in [2.05, 4.69) is 24.6 Å². The highest BCUT2D eigenvalue weighted by Gasteiger charge is 2.19. The second-order valence-corrected chi connectivity index (χ2v) is 4.50. The third-order valence-electron chi connectivity index (χ3n) is 3.23. The van der Waals surface area contributed by atoms with Crippen molar-refractivity contribution in [3.63, 3.8) is 0 Å². The lowest BCUT2D eigenvalue weighted by molar-refractivity contribution is 0.281. The number of aromatic nitrogens is 4. The van der Waals surface area contributed by atoms with Crippen molar-refractivity contribution >= 4 is 5.82 Å². The van der Waals surface area contributed by atoms with Gasteiger partial charge in [0.1, 0.15) is 12.1 Å². The molecular weight excluding hydrogens is 230 g/mol. The zero-order chi connectivity index (χ0) is 12.5. The van der Waals surface area contributed by atoms with E-state index in [1.807, 2.05) is 13.0 Å². The monoisotopic (exact) mass is 245 g/mol. The summed E-state index contributed by atoms with van der Waals surface area (Å²) in [5.74, 6) is 1.93. The number of aliphatic hydroxyl groups is 1. The van der Waals surface area contributed by atoms with Gasteiger partial charge < -0.3 is 14.6 Å². The summed E-state index contributed by atoms with van der Waals surface area (Å²) in [5, 5.41) is 17.1. The first-order chi connectivity index (χ1) is 8.78. The third-order valence-corrected chi connectivity index (χ3v) is 3.23. The number of hydrogen-bond donors (Lipinski definition) is 1. The minimum Gasteiger partial charge on any atom is -0.392 e. The molecule has 1 N–H and O–H groups in total. The van der Waals surface area contributed by atoms with Gasteiger partial charge in [0.2, 0.25) is 0 Å². The van der Waals surface area contributed by atoms with Crippen LogP contribution in [0.1, 0.15) is 17.0 Å². The van der Waals surface area contributed by atoms with Gasteiger partial charge in [0.15, 0.2) is 5.82 Å². The van der Waals surface area contributed by atoms with E-state index in [1.165, 1.54) is 0 Å². The molecule has 0 saturated heterocycles. The number of aryl methyl sites for hydroxylation is 1. The lowest BCUT2D eigenvalue weighted by Gasteiger charge is -2.29. The van der Waals surface area contributed by atoms with Gasteiger partial charge in [0.05, 0.1) is 13.2 Å². The second-order valence-electron chi connectivity index (χ2n) is 4.50. The molecule has 3 rings (SSSR count). The summed E-state index contributed by atoms with van der Waals surface area (Å²) in [6.45, 7) is 4.55. The van der Waals surface area contributed by atoms with Crippen LogP contribution >= 0.6 is 0 Å². The maximum Gasteiger partial charge on any atom is 0.152 e. The fourth-order valence-corrected chi connectivity index (χ4v) is 2.29. The molecule has 0 bridgehead atoms. The Morgan fingerprint density at radius 1 is 1.39 bits per heavy atom. The molecule has 0 spiro atoms. The van der Waals surface area contributed by atoms with Crippen molar-refractivity contribution in [3.05, 3.63) is 35.5 Å². The predicted octanol–water partition coefficient (Wildman–Crippen LogP) is 0.494. The van der Waals surface area contributed by atoms with Gasteiger partial charge in [-0.25, -0.2) is 4.98 Å². The molecule has 0 radical (unpaired) electrons. The van der Waals surface area contributed by atoms with Crippen LogP contribution < -0.4 is 4.90 Å². The molecule has 6 nitrogen and oxygen atoms in total. The van der Waals surface area contributed by atoms with Crippen LogP contribution in [-0.4, -0.2) is 31.4 Å². The summed E-state index contributed by atoms with van der Waals surface area (Å²) >= 11 is 0. The van der Waals surface area contributed by atoms with Gasteiger partial charge in [-0.15, -0.1) is 10.2 Å². The molecule has 0 amide bonds. The second kappa shape index (κ2) is 4.38. The van der Waals surface area contributed by atoms with Crippen LogP contribution in [-0.2, 0) is 19.7 Å². The van der Waals surface area contributed by atoms with Crippen LogP contribution in [0.25, 0.3) is 0 Å².